The van der Waals surface area contributed by atoms with Gasteiger partial charge in [0.15, 0.2) is 0 Å². The van der Waals surface area contributed by atoms with Crippen LogP contribution in [0.1, 0.15) is 47.9 Å². The van der Waals surface area contributed by atoms with E-state index in [-0.39, 0.29) is 6.04 Å². The van der Waals surface area contributed by atoms with Crippen LogP contribution >= 0.6 is 27.5 Å². The van der Waals surface area contributed by atoms with Gasteiger partial charge in [0, 0.05) is 9.50 Å². The highest BCUT2D eigenvalue weighted by Gasteiger charge is 2.26. The Morgan fingerprint density at radius 2 is 1.90 bits per heavy atom. The molecule has 2 aromatic carbocycles. The van der Waals surface area contributed by atoms with E-state index >= 15 is 0 Å². The van der Waals surface area contributed by atoms with Crippen molar-refractivity contribution in [2.24, 2.45) is 5.84 Å². The van der Waals surface area contributed by atoms with Gasteiger partial charge in [0.1, 0.15) is 0 Å². The number of hydrogen-bond acceptors (Lipinski definition) is 2. The Kier molecular flexibility index (Phi) is 4.65. The number of nitrogens with two attached hydrogens (primary N) is 1. The van der Waals surface area contributed by atoms with Crippen LogP contribution in [0.15, 0.2) is 46.9 Å². The maximum Gasteiger partial charge on any atom is 0.0724 e. The second kappa shape index (κ2) is 6.49. The molecule has 0 aromatic heterocycles. The Morgan fingerprint density at radius 3 is 2.57 bits per heavy atom. The fourth-order valence-corrected chi connectivity index (χ4v) is 3.60. The maximum atomic E-state index is 6.16. The van der Waals surface area contributed by atoms with Gasteiger partial charge in [-0.05, 0) is 53.6 Å². The third-order valence-electron chi connectivity index (χ3n) is 4.29. The normalized spacial score (nSPS) is 16.5. The Morgan fingerprint density at radius 1 is 1.14 bits per heavy atom. The topological polar surface area (TPSA) is 38.0 Å². The average molecular weight is 366 g/mol. The summed E-state index contributed by atoms with van der Waals surface area (Å²) in [5.74, 6) is 6.53. The molecule has 0 amide bonds. The first-order valence-corrected chi connectivity index (χ1v) is 8.37. The smallest absolute Gasteiger partial charge is 0.0724 e. The maximum absolute atomic E-state index is 6.16. The molecule has 2 nitrogen and oxygen atoms in total. The lowest BCUT2D eigenvalue weighted by molar-refractivity contribution is 0.414. The molecule has 0 saturated heterocycles. The molecule has 0 aliphatic heterocycles. The molecule has 1 aliphatic carbocycles. The van der Waals surface area contributed by atoms with Crippen molar-refractivity contribution in [1.82, 2.24) is 5.43 Å². The lowest BCUT2D eigenvalue weighted by Crippen LogP contribution is -2.30. The first-order chi connectivity index (χ1) is 10.2. The van der Waals surface area contributed by atoms with E-state index in [0.29, 0.717) is 5.92 Å². The van der Waals surface area contributed by atoms with Crippen LogP contribution in [-0.2, 0) is 0 Å². The van der Waals surface area contributed by atoms with Crippen molar-refractivity contribution in [2.45, 2.75) is 31.2 Å². The van der Waals surface area contributed by atoms with E-state index in [9.17, 15) is 0 Å². The predicted molar refractivity (Wildman–Crippen MR) is 91.4 cm³/mol. The molecule has 1 atom stereocenters. The van der Waals surface area contributed by atoms with E-state index in [1.165, 1.54) is 30.4 Å². The Balaban J connectivity index is 2.06. The lowest BCUT2D eigenvalue weighted by atomic mass is 9.76. The van der Waals surface area contributed by atoms with Gasteiger partial charge >= 0.3 is 0 Å². The van der Waals surface area contributed by atoms with Crippen molar-refractivity contribution in [3.05, 3.63) is 68.7 Å². The van der Waals surface area contributed by atoms with Crippen molar-refractivity contribution >= 4 is 27.5 Å². The first kappa shape index (κ1) is 15.0. The SMILES string of the molecule is NNC(c1cc(Cl)ccc1Br)c1ccccc1C1CCC1. The second-order valence-electron chi connectivity index (χ2n) is 5.52. The molecule has 21 heavy (non-hydrogen) atoms. The van der Waals surface area contributed by atoms with Crippen LogP contribution in [0.4, 0.5) is 0 Å². The van der Waals surface area contributed by atoms with Gasteiger partial charge in [-0.25, -0.2) is 5.43 Å². The summed E-state index contributed by atoms with van der Waals surface area (Å²) in [6.07, 6.45) is 3.86. The molecule has 1 unspecified atom stereocenters. The monoisotopic (exact) mass is 364 g/mol. The van der Waals surface area contributed by atoms with Crippen LogP contribution in [0.25, 0.3) is 0 Å². The molecule has 0 heterocycles. The highest BCUT2D eigenvalue weighted by molar-refractivity contribution is 9.10. The molecule has 3 N–H and O–H groups in total. The van der Waals surface area contributed by atoms with Crippen molar-refractivity contribution in [3.63, 3.8) is 0 Å². The Bertz CT molecular complexity index is 640. The molecule has 1 fully saturated rings. The first-order valence-electron chi connectivity index (χ1n) is 7.20. The van der Waals surface area contributed by atoms with Crippen molar-refractivity contribution in [2.75, 3.05) is 0 Å². The summed E-state index contributed by atoms with van der Waals surface area (Å²) < 4.78 is 1.01. The number of halogens is 2. The largest absolute Gasteiger partial charge is 0.271 e. The zero-order valence-electron chi connectivity index (χ0n) is 11.7. The zero-order chi connectivity index (χ0) is 14.8. The molecule has 1 saturated carbocycles. The van der Waals surface area contributed by atoms with Crippen molar-refractivity contribution < 1.29 is 0 Å². The van der Waals surface area contributed by atoms with Crippen LogP contribution in [0.5, 0.6) is 0 Å². The summed E-state index contributed by atoms with van der Waals surface area (Å²) in [6, 6.07) is 14.3. The molecule has 2 aromatic rings. The van der Waals surface area contributed by atoms with Crippen molar-refractivity contribution in [1.29, 1.82) is 0 Å². The second-order valence-corrected chi connectivity index (χ2v) is 6.81. The summed E-state index contributed by atoms with van der Waals surface area (Å²) in [7, 11) is 0. The summed E-state index contributed by atoms with van der Waals surface area (Å²) in [6.45, 7) is 0. The van der Waals surface area contributed by atoms with Crippen LogP contribution in [0, 0.1) is 0 Å². The highest BCUT2D eigenvalue weighted by Crippen LogP contribution is 2.41. The molecule has 1 aliphatic rings. The van der Waals surface area contributed by atoms with Gasteiger partial charge in [-0.15, -0.1) is 0 Å². The molecule has 0 radical (unpaired) electrons. The van der Waals surface area contributed by atoms with Crippen LogP contribution in [-0.4, -0.2) is 0 Å². The fourth-order valence-electron chi connectivity index (χ4n) is 2.95. The van der Waals surface area contributed by atoms with Crippen LogP contribution in [0.2, 0.25) is 5.02 Å². The van der Waals surface area contributed by atoms with Gasteiger partial charge < -0.3 is 0 Å². The van der Waals surface area contributed by atoms with Gasteiger partial charge in [-0.2, -0.15) is 0 Å². The standard InChI is InChI=1S/C17H18BrClN2/c18-16-9-8-12(19)10-15(16)17(21-20)14-7-2-1-6-13(14)11-4-3-5-11/h1-2,6-11,17,21H,3-5,20H2. The van der Waals surface area contributed by atoms with Gasteiger partial charge in [0.2, 0.25) is 0 Å². The summed E-state index contributed by atoms with van der Waals surface area (Å²) in [5, 5.41) is 0.717. The number of nitrogens with one attached hydrogen (secondary N) is 1. The third-order valence-corrected chi connectivity index (χ3v) is 5.24. The van der Waals surface area contributed by atoms with Gasteiger partial charge in [-0.3, -0.25) is 5.84 Å². The van der Waals surface area contributed by atoms with E-state index in [1.54, 1.807) is 0 Å². The summed E-state index contributed by atoms with van der Waals surface area (Å²) >= 11 is 9.76. The van der Waals surface area contributed by atoms with Crippen LogP contribution < -0.4 is 11.3 Å². The molecule has 0 bridgehead atoms. The number of rotatable bonds is 4. The number of hydrogen-bond donors (Lipinski definition) is 2. The lowest BCUT2D eigenvalue weighted by Gasteiger charge is -2.30. The minimum Gasteiger partial charge on any atom is -0.271 e. The Labute approximate surface area is 138 Å². The van der Waals surface area contributed by atoms with E-state index in [4.69, 9.17) is 17.4 Å². The third kappa shape index (κ3) is 3.02. The summed E-state index contributed by atoms with van der Waals surface area (Å²) in [5.41, 5.74) is 6.67. The van der Waals surface area contributed by atoms with Crippen molar-refractivity contribution in [3.8, 4) is 0 Å². The quantitative estimate of drug-likeness (QED) is 0.596. The highest BCUT2D eigenvalue weighted by atomic mass is 79.9. The van der Waals surface area contributed by atoms with E-state index in [2.05, 4.69) is 45.6 Å². The molecule has 110 valence electrons. The van der Waals surface area contributed by atoms with E-state index < -0.39 is 0 Å². The zero-order valence-corrected chi connectivity index (χ0v) is 14.0. The minimum absolute atomic E-state index is 0.0603. The molecule has 0 spiro atoms. The molecular weight excluding hydrogens is 348 g/mol. The van der Waals surface area contributed by atoms with E-state index in [0.717, 1.165) is 15.1 Å². The molecule has 4 heteroatoms. The van der Waals surface area contributed by atoms with Gasteiger partial charge in [-0.1, -0.05) is 58.2 Å². The fraction of sp³-hybridized carbons (Fsp3) is 0.294. The number of benzene rings is 2. The molecular formula is C17H18BrClN2. The van der Waals surface area contributed by atoms with Gasteiger partial charge in [0.05, 0.1) is 6.04 Å². The van der Waals surface area contributed by atoms with Crippen LogP contribution in [0.3, 0.4) is 0 Å². The van der Waals surface area contributed by atoms with Gasteiger partial charge in [0.25, 0.3) is 0 Å². The number of hydrazine groups is 1. The average Bonchev–Trinajstić information content (AvgIpc) is 2.43. The summed E-state index contributed by atoms with van der Waals surface area (Å²) in [4.78, 5) is 0. The minimum atomic E-state index is -0.0603. The Hall–Kier alpha value is -0.870. The van der Waals surface area contributed by atoms with E-state index in [1.807, 2.05) is 18.2 Å². The molecule has 3 rings (SSSR count). The predicted octanol–water partition coefficient (Wildman–Crippen LogP) is 4.92.